The van der Waals surface area contributed by atoms with Crippen molar-refractivity contribution < 1.29 is 15.3 Å². The lowest BCUT2D eigenvalue weighted by Gasteiger charge is -2.15. The first-order valence-electron chi connectivity index (χ1n) is 3.88. The van der Waals surface area contributed by atoms with Gasteiger partial charge in [0, 0.05) is 11.5 Å². The minimum atomic E-state index is -0.728. The Kier molecular flexibility index (Phi) is 7.59. The summed E-state index contributed by atoms with van der Waals surface area (Å²) < 4.78 is 0. The molecule has 0 spiro atoms. The van der Waals surface area contributed by atoms with Crippen molar-refractivity contribution in [1.29, 1.82) is 0 Å². The lowest BCUT2D eigenvalue weighted by molar-refractivity contribution is 0.0366. The molecule has 0 aliphatic rings. The first kappa shape index (κ1) is 12.0. The van der Waals surface area contributed by atoms with Gasteiger partial charge in [-0.2, -0.15) is 11.8 Å². The van der Waals surface area contributed by atoms with E-state index < -0.39 is 12.2 Å². The molecule has 0 bridgehead atoms. The molecule has 2 unspecified atom stereocenters. The number of rotatable bonds is 7. The summed E-state index contributed by atoms with van der Waals surface area (Å²) in [4.78, 5) is 0. The Morgan fingerprint density at radius 1 is 1.33 bits per heavy atom. The third-order valence-corrected chi connectivity index (χ3v) is 2.43. The molecule has 0 aromatic carbocycles. The van der Waals surface area contributed by atoms with E-state index in [9.17, 15) is 10.2 Å². The van der Waals surface area contributed by atoms with Gasteiger partial charge in [-0.15, -0.1) is 6.58 Å². The molecule has 72 valence electrons. The van der Waals surface area contributed by atoms with Gasteiger partial charge in [0.15, 0.2) is 0 Å². The van der Waals surface area contributed by atoms with Crippen molar-refractivity contribution in [1.82, 2.24) is 0 Å². The van der Waals surface area contributed by atoms with Crippen molar-refractivity contribution in [2.24, 2.45) is 0 Å². The van der Waals surface area contributed by atoms with Gasteiger partial charge < -0.3 is 15.3 Å². The highest BCUT2D eigenvalue weighted by molar-refractivity contribution is 7.99. The van der Waals surface area contributed by atoms with Crippen LogP contribution >= 0.6 is 11.8 Å². The molecule has 0 aliphatic heterocycles. The molecule has 0 aliphatic carbocycles. The molecular weight excluding hydrogens is 176 g/mol. The van der Waals surface area contributed by atoms with Crippen LogP contribution in [0.15, 0.2) is 12.7 Å². The first-order chi connectivity index (χ1) is 5.72. The number of hydrogen-bond donors (Lipinski definition) is 3. The number of hydrogen-bond acceptors (Lipinski definition) is 4. The van der Waals surface area contributed by atoms with Gasteiger partial charge >= 0.3 is 0 Å². The fourth-order valence-corrected chi connectivity index (χ4v) is 1.47. The average molecular weight is 192 g/mol. The second-order valence-electron chi connectivity index (χ2n) is 2.46. The minimum absolute atomic E-state index is 0.106. The van der Waals surface area contributed by atoms with E-state index in [0.29, 0.717) is 17.9 Å². The minimum Gasteiger partial charge on any atom is -0.396 e. The highest BCUT2D eigenvalue weighted by atomic mass is 32.2. The van der Waals surface area contributed by atoms with Gasteiger partial charge in [-0.25, -0.2) is 0 Å². The second-order valence-corrected chi connectivity index (χ2v) is 3.61. The molecule has 2 atom stereocenters. The first-order valence-corrected chi connectivity index (χ1v) is 5.03. The summed E-state index contributed by atoms with van der Waals surface area (Å²) in [6, 6.07) is 0. The van der Waals surface area contributed by atoms with Crippen LogP contribution < -0.4 is 0 Å². The summed E-state index contributed by atoms with van der Waals surface area (Å²) in [5, 5.41) is 26.9. The quantitative estimate of drug-likeness (QED) is 0.393. The molecule has 0 aromatic rings. The summed E-state index contributed by atoms with van der Waals surface area (Å²) >= 11 is 1.42. The molecule has 4 heteroatoms. The highest BCUT2D eigenvalue weighted by Gasteiger charge is 2.13. The zero-order valence-corrected chi connectivity index (χ0v) is 7.83. The maximum Gasteiger partial charge on any atom is 0.0892 e. The Morgan fingerprint density at radius 3 is 2.50 bits per heavy atom. The number of aliphatic hydroxyl groups is 3. The molecule has 0 aromatic heterocycles. The third-order valence-electron chi connectivity index (χ3n) is 1.38. The maximum atomic E-state index is 9.28. The Hall–Kier alpha value is -0.0300. The van der Waals surface area contributed by atoms with Crippen molar-refractivity contribution in [3.63, 3.8) is 0 Å². The van der Waals surface area contributed by atoms with Crippen LogP contribution in [-0.2, 0) is 0 Å². The average Bonchev–Trinajstić information content (AvgIpc) is 2.05. The standard InChI is InChI=1S/C8H16O3S/c1-2-3-7(10)8(11)6-12-5-4-9/h2,7-11H,1,3-6H2. The summed E-state index contributed by atoms with van der Waals surface area (Å²) in [5.74, 6) is 1.05. The van der Waals surface area contributed by atoms with Crippen LogP contribution in [0, 0.1) is 0 Å². The lowest BCUT2D eigenvalue weighted by atomic mass is 10.2. The molecule has 0 heterocycles. The molecule has 0 fully saturated rings. The van der Waals surface area contributed by atoms with Gasteiger partial charge in [-0.3, -0.25) is 0 Å². The van der Waals surface area contributed by atoms with E-state index in [1.165, 1.54) is 11.8 Å². The van der Waals surface area contributed by atoms with E-state index in [1.54, 1.807) is 6.08 Å². The van der Waals surface area contributed by atoms with Crippen molar-refractivity contribution in [3.8, 4) is 0 Å². The second kappa shape index (κ2) is 7.61. The van der Waals surface area contributed by atoms with Gasteiger partial charge in [-0.05, 0) is 6.42 Å². The Labute approximate surface area is 77.1 Å². The van der Waals surface area contributed by atoms with E-state index in [-0.39, 0.29) is 6.61 Å². The fourth-order valence-electron chi connectivity index (χ4n) is 0.708. The predicted octanol–water partition coefficient (Wildman–Crippen LogP) is 0.00980. The van der Waals surface area contributed by atoms with Gasteiger partial charge in [0.05, 0.1) is 18.8 Å². The van der Waals surface area contributed by atoms with Crippen LogP contribution in [0.3, 0.4) is 0 Å². The molecular formula is C8H16O3S. The van der Waals surface area contributed by atoms with Gasteiger partial charge in [-0.1, -0.05) is 6.08 Å². The summed E-state index contributed by atoms with van der Waals surface area (Å²) in [5.41, 5.74) is 0. The SMILES string of the molecule is C=CCC(O)C(O)CSCCO. The fraction of sp³-hybridized carbons (Fsp3) is 0.750. The molecule has 3 nitrogen and oxygen atoms in total. The van der Waals surface area contributed by atoms with Gasteiger partial charge in [0.2, 0.25) is 0 Å². The van der Waals surface area contributed by atoms with Crippen LogP contribution in [0.2, 0.25) is 0 Å². The third kappa shape index (κ3) is 5.60. The zero-order valence-electron chi connectivity index (χ0n) is 7.02. The topological polar surface area (TPSA) is 60.7 Å². The monoisotopic (exact) mass is 192 g/mol. The van der Waals surface area contributed by atoms with Crippen LogP contribution in [0.1, 0.15) is 6.42 Å². The summed E-state index contributed by atoms with van der Waals surface area (Å²) in [6.07, 6.45) is 0.527. The highest BCUT2D eigenvalue weighted by Crippen LogP contribution is 2.07. The van der Waals surface area contributed by atoms with Crippen LogP contribution in [0.5, 0.6) is 0 Å². The molecule has 0 rings (SSSR count). The zero-order chi connectivity index (χ0) is 9.40. The summed E-state index contributed by atoms with van der Waals surface area (Å²) in [6.45, 7) is 3.57. The van der Waals surface area contributed by atoms with Crippen molar-refractivity contribution in [2.75, 3.05) is 18.1 Å². The van der Waals surface area contributed by atoms with Crippen molar-refractivity contribution in [3.05, 3.63) is 12.7 Å². The predicted molar refractivity (Wildman–Crippen MR) is 51.2 cm³/mol. The van der Waals surface area contributed by atoms with E-state index in [1.807, 2.05) is 0 Å². The maximum absolute atomic E-state index is 9.28. The van der Waals surface area contributed by atoms with Crippen LogP contribution in [0.25, 0.3) is 0 Å². The van der Waals surface area contributed by atoms with Crippen LogP contribution in [0.4, 0.5) is 0 Å². The smallest absolute Gasteiger partial charge is 0.0892 e. The van der Waals surface area contributed by atoms with Gasteiger partial charge in [0.25, 0.3) is 0 Å². The Balaban J connectivity index is 3.41. The molecule has 0 radical (unpaired) electrons. The molecule has 0 amide bonds. The number of thioether (sulfide) groups is 1. The molecule has 0 saturated carbocycles. The van der Waals surface area contributed by atoms with E-state index >= 15 is 0 Å². The normalized spacial score (nSPS) is 15.6. The Bertz CT molecular complexity index is 119. The van der Waals surface area contributed by atoms with Gasteiger partial charge in [0.1, 0.15) is 0 Å². The molecule has 0 saturated heterocycles. The lowest BCUT2D eigenvalue weighted by Crippen LogP contribution is -2.27. The molecule has 3 N–H and O–H groups in total. The number of aliphatic hydroxyl groups excluding tert-OH is 3. The van der Waals surface area contributed by atoms with Crippen molar-refractivity contribution >= 4 is 11.8 Å². The summed E-state index contributed by atoms with van der Waals surface area (Å²) in [7, 11) is 0. The van der Waals surface area contributed by atoms with E-state index in [2.05, 4.69) is 6.58 Å². The Morgan fingerprint density at radius 2 is 2.00 bits per heavy atom. The van der Waals surface area contributed by atoms with Crippen LogP contribution in [-0.4, -0.2) is 45.6 Å². The largest absolute Gasteiger partial charge is 0.396 e. The molecule has 12 heavy (non-hydrogen) atoms. The van der Waals surface area contributed by atoms with Crippen molar-refractivity contribution in [2.45, 2.75) is 18.6 Å². The van der Waals surface area contributed by atoms with E-state index in [0.717, 1.165) is 0 Å². The van der Waals surface area contributed by atoms with E-state index in [4.69, 9.17) is 5.11 Å².